The molecular formula is C24H28N2O7. The second kappa shape index (κ2) is 12.2. The van der Waals surface area contributed by atoms with E-state index >= 15 is 0 Å². The third-order valence-corrected chi connectivity index (χ3v) is 4.59. The number of nitrogens with one attached hydrogen (secondary N) is 2. The van der Waals surface area contributed by atoms with Crippen molar-refractivity contribution in [1.82, 2.24) is 5.32 Å². The van der Waals surface area contributed by atoms with Crippen LogP contribution in [0, 0.1) is 5.92 Å². The first kappa shape index (κ1) is 25.4. The van der Waals surface area contributed by atoms with Crippen LogP contribution < -0.4 is 15.4 Å². The molecule has 2 aromatic carbocycles. The fraction of sp³-hybridized carbons (Fsp3) is 0.333. The molecule has 0 radical (unpaired) electrons. The largest absolute Gasteiger partial charge is 0.494 e. The van der Waals surface area contributed by atoms with Crippen molar-refractivity contribution in [3.05, 3.63) is 59.7 Å². The van der Waals surface area contributed by atoms with Crippen LogP contribution in [0.5, 0.6) is 5.75 Å². The van der Waals surface area contributed by atoms with E-state index in [2.05, 4.69) is 15.4 Å². The Morgan fingerprint density at radius 1 is 0.970 bits per heavy atom. The van der Waals surface area contributed by atoms with Gasteiger partial charge in [-0.15, -0.1) is 0 Å². The van der Waals surface area contributed by atoms with E-state index < -0.39 is 36.4 Å². The predicted molar refractivity (Wildman–Crippen MR) is 121 cm³/mol. The van der Waals surface area contributed by atoms with Crippen LogP contribution in [0.25, 0.3) is 0 Å². The summed E-state index contributed by atoms with van der Waals surface area (Å²) in [5, 5.41) is 5.16. The fourth-order valence-corrected chi connectivity index (χ4v) is 2.88. The molecule has 0 fully saturated rings. The van der Waals surface area contributed by atoms with Crippen molar-refractivity contribution in [1.29, 1.82) is 0 Å². The summed E-state index contributed by atoms with van der Waals surface area (Å²) < 4.78 is 15.1. The van der Waals surface area contributed by atoms with Crippen molar-refractivity contribution in [3.63, 3.8) is 0 Å². The minimum atomic E-state index is -0.959. The van der Waals surface area contributed by atoms with Gasteiger partial charge in [0.1, 0.15) is 11.8 Å². The van der Waals surface area contributed by atoms with Crippen molar-refractivity contribution >= 4 is 29.4 Å². The molecule has 0 aliphatic rings. The van der Waals surface area contributed by atoms with Crippen LogP contribution in [0.1, 0.15) is 41.5 Å². The van der Waals surface area contributed by atoms with Crippen LogP contribution in [0.15, 0.2) is 48.5 Å². The highest BCUT2D eigenvalue weighted by molar-refractivity contribution is 6.02. The van der Waals surface area contributed by atoms with Crippen LogP contribution >= 0.6 is 0 Å². The van der Waals surface area contributed by atoms with Gasteiger partial charge in [-0.25, -0.2) is 9.59 Å². The lowest BCUT2D eigenvalue weighted by Crippen LogP contribution is -2.45. The van der Waals surface area contributed by atoms with Crippen LogP contribution in [0.3, 0.4) is 0 Å². The molecular weight excluding hydrogens is 428 g/mol. The Labute approximate surface area is 192 Å². The van der Waals surface area contributed by atoms with Gasteiger partial charge in [0.2, 0.25) is 0 Å². The number of benzene rings is 2. The number of esters is 2. The zero-order chi connectivity index (χ0) is 24.4. The maximum atomic E-state index is 12.6. The van der Waals surface area contributed by atoms with Crippen LogP contribution in [-0.2, 0) is 19.1 Å². The number of carbonyl (C=O) groups is 4. The van der Waals surface area contributed by atoms with E-state index in [0.29, 0.717) is 17.9 Å². The molecule has 0 aliphatic heterocycles. The number of anilines is 1. The van der Waals surface area contributed by atoms with E-state index in [1.54, 1.807) is 50.2 Å². The van der Waals surface area contributed by atoms with Gasteiger partial charge in [-0.3, -0.25) is 9.59 Å². The Bertz CT molecular complexity index is 987. The first-order chi connectivity index (χ1) is 15.8. The van der Waals surface area contributed by atoms with E-state index in [4.69, 9.17) is 9.47 Å². The summed E-state index contributed by atoms with van der Waals surface area (Å²) in [7, 11) is 1.23. The molecule has 0 aromatic heterocycles. The van der Waals surface area contributed by atoms with Crippen molar-refractivity contribution in [2.45, 2.75) is 26.8 Å². The summed E-state index contributed by atoms with van der Waals surface area (Å²) in [6.45, 7) is 5.27. The summed E-state index contributed by atoms with van der Waals surface area (Å²) in [5.41, 5.74) is 0.756. The first-order valence-corrected chi connectivity index (χ1v) is 10.4. The standard InChI is InChI=1S/C24H28N2O7/c1-5-32-17-12-10-16(11-13-17)22(28)26-21(15(2)3)24(30)33-14-20(27)25-19-9-7-6-8-18(19)23(29)31-4/h6-13,15,21H,5,14H2,1-4H3,(H,25,27)(H,26,28)/t21-/m0/s1. The van der Waals surface area contributed by atoms with Crippen molar-refractivity contribution in [3.8, 4) is 5.75 Å². The summed E-state index contributed by atoms with van der Waals surface area (Å²) in [6.07, 6.45) is 0. The summed E-state index contributed by atoms with van der Waals surface area (Å²) in [4.78, 5) is 49.2. The molecule has 2 amide bonds. The topological polar surface area (TPSA) is 120 Å². The summed E-state index contributed by atoms with van der Waals surface area (Å²) in [5.74, 6) is -2.11. The van der Waals surface area contributed by atoms with Gasteiger partial charge in [0, 0.05) is 5.56 Å². The molecule has 176 valence electrons. The molecule has 9 heteroatoms. The lowest BCUT2D eigenvalue weighted by atomic mass is 10.0. The highest BCUT2D eigenvalue weighted by Gasteiger charge is 2.27. The number of carbonyl (C=O) groups excluding carboxylic acids is 4. The van der Waals surface area contributed by atoms with Gasteiger partial charge in [-0.1, -0.05) is 26.0 Å². The normalized spacial score (nSPS) is 11.3. The minimum absolute atomic E-state index is 0.169. The fourth-order valence-electron chi connectivity index (χ4n) is 2.88. The monoisotopic (exact) mass is 456 g/mol. The molecule has 0 bridgehead atoms. The molecule has 0 aliphatic carbocycles. The maximum Gasteiger partial charge on any atom is 0.339 e. The van der Waals surface area contributed by atoms with Crippen LogP contribution in [0.2, 0.25) is 0 Å². The van der Waals surface area contributed by atoms with Gasteiger partial charge in [0.05, 0.1) is 25.0 Å². The predicted octanol–water partition coefficient (Wildman–Crippen LogP) is 2.81. The van der Waals surface area contributed by atoms with Crippen LogP contribution in [-0.4, -0.2) is 50.1 Å². The van der Waals surface area contributed by atoms with Gasteiger partial charge in [0.15, 0.2) is 6.61 Å². The Hall–Kier alpha value is -3.88. The van der Waals surface area contributed by atoms with Gasteiger partial charge in [-0.2, -0.15) is 0 Å². The zero-order valence-corrected chi connectivity index (χ0v) is 19.0. The smallest absolute Gasteiger partial charge is 0.339 e. The summed E-state index contributed by atoms with van der Waals surface area (Å²) in [6, 6.07) is 11.8. The molecule has 2 aromatic rings. The SMILES string of the molecule is CCOc1ccc(C(=O)N[C@H](C(=O)OCC(=O)Nc2ccccc2C(=O)OC)C(C)C)cc1. The highest BCUT2D eigenvalue weighted by atomic mass is 16.5. The highest BCUT2D eigenvalue weighted by Crippen LogP contribution is 2.16. The number of methoxy groups -OCH3 is 1. The number of para-hydroxylation sites is 1. The van der Waals surface area contributed by atoms with Gasteiger partial charge in [-0.05, 0) is 49.2 Å². The molecule has 9 nitrogen and oxygen atoms in total. The minimum Gasteiger partial charge on any atom is -0.494 e. The third kappa shape index (κ3) is 7.34. The average Bonchev–Trinajstić information content (AvgIpc) is 2.81. The van der Waals surface area contributed by atoms with Crippen molar-refractivity contribution in [2.24, 2.45) is 5.92 Å². The van der Waals surface area contributed by atoms with E-state index in [1.165, 1.54) is 19.2 Å². The van der Waals surface area contributed by atoms with E-state index in [9.17, 15) is 19.2 Å². The molecule has 0 unspecified atom stereocenters. The molecule has 0 heterocycles. The summed E-state index contributed by atoms with van der Waals surface area (Å²) >= 11 is 0. The number of rotatable bonds is 10. The third-order valence-electron chi connectivity index (χ3n) is 4.59. The second-order valence-electron chi connectivity index (χ2n) is 7.35. The Balaban J connectivity index is 1.96. The van der Waals surface area contributed by atoms with Gasteiger partial charge >= 0.3 is 11.9 Å². The van der Waals surface area contributed by atoms with E-state index in [1.807, 2.05) is 6.92 Å². The Morgan fingerprint density at radius 2 is 1.64 bits per heavy atom. The number of hydrogen-bond donors (Lipinski definition) is 2. The van der Waals surface area contributed by atoms with Gasteiger partial charge < -0.3 is 24.8 Å². The number of amides is 2. The van der Waals surface area contributed by atoms with Crippen molar-refractivity contribution < 1.29 is 33.4 Å². The lowest BCUT2D eigenvalue weighted by Gasteiger charge is -2.21. The van der Waals surface area contributed by atoms with Crippen LogP contribution in [0.4, 0.5) is 5.69 Å². The molecule has 1 atom stereocenters. The number of ether oxygens (including phenoxy) is 3. The molecule has 0 saturated heterocycles. The van der Waals surface area contributed by atoms with Gasteiger partial charge in [0.25, 0.3) is 11.8 Å². The molecule has 33 heavy (non-hydrogen) atoms. The Morgan fingerprint density at radius 3 is 2.24 bits per heavy atom. The van der Waals surface area contributed by atoms with Crippen molar-refractivity contribution in [2.75, 3.05) is 25.6 Å². The molecule has 0 spiro atoms. The van der Waals surface area contributed by atoms with E-state index in [0.717, 1.165) is 0 Å². The second-order valence-corrected chi connectivity index (χ2v) is 7.35. The first-order valence-electron chi connectivity index (χ1n) is 10.4. The zero-order valence-electron chi connectivity index (χ0n) is 19.0. The quantitative estimate of drug-likeness (QED) is 0.528. The lowest BCUT2D eigenvalue weighted by molar-refractivity contribution is -0.150. The molecule has 2 rings (SSSR count). The molecule has 0 saturated carbocycles. The number of hydrogen-bond acceptors (Lipinski definition) is 7. The Kier molecular flexibility index (Phi) is 9.41. The average molecular weight is 456 g/mol. The molecule has 2 N–H and O–H groups in total. The van der Waals surface area contributed by atoms with E-state index in [-0.39, 0.29) is 17.2 Å². The maximum absolute atomic E-state index is 12.6.